The van der Waals surface area contributed by atoms with Gasteiger partial charge in [0.15, 0.2) is 0 Å². The average molecular weight is 199 g/mol. The van der Waals surface area contributed by atoms with Gasteiger partial charge in [-0.25, -0.2) is 4.79 Å². The van der Waals surface area contributed by atoms with Gasteiger partial charge in [-0.3, -0.25) is 4.79 Å². The summed E-state index contributed by atoms with van der Waals surface area (Å²) in [4.78, 5) is 21.9. The molecule has 0 aromatic carbocycles. The molecule has 0 aromatic rings. The molecule has 1 aliphatic rings. The molecule has 1 N–H and O–H groups in total. The molecule has 5 heteroatoms. The molecule has 0 spiro atoms. The Morgan fingerprint density at radius 3 is 2.86 bits per heavy atom. The van der Waals surface area contributed by atoms with Crippen LogP contribution in [0.15, 0.2) is 12.3 Å². The summed E-state index contributed by atoms with van der Waals surface area (Å²) >= 11 is 0. The summed E-state index contributed by atoms with van der Waals surface area (Å²) in [5.41, 5.74) is 0. The van der Waals surface area contributed by atoms with Crippen LogP contribution in [0.5, 0.6) is 0 Å². The van der Waals surface area contributed by atoms with Crippen LogP contribution in [-0.4, -0.2) is 32.1 Å². The molecule has 0 bridgehead atoms. The van der Waals surface area contributed by atoms with Crippen molar-refractivity contribution < 1.29 is 19.1 Å². The van der Waals surface area contributed by atoms with Gasteiger partial charge >= 0.3 is 11.9 Å². The van der Waals surface area contributed by atoms with Gasteiger partial charge in [-0.1, -0.05) is 0 Å². The Balaban J connectivity index is 2.26. The van der Waals surface area contributed by atoms with E-state index in [4.69, 9.17) is 4.74 Å². The van der Waals surface area contributed by atoms with Gasteiger partial charge in [-0.2, -0.15) is 0 Å². The molecule has 78 valence electrons. The van der Waals surface area contributed by atoms with Crippen LogP contribution in [0, 0.1) is 5.92 Å². The molecule has 0 radical (unpaired) electrons. The maximum absolute atomic E-state index is 11.2. The van der Waals surface area contributed by atoms with E-state index in [1.54, 1.807) is 0 Å². The van der Waals surface area contributed by atoms with Gasteiger partial charge in [0.2, 0.25) is 0 Å². The summed E-state index contributed by atoms with van der Waals surface area (Å²) < 4.78 is 9.07. The van der Waals surface area contributed by atoms with Crippen molar-refractivity contribution in [1.82, 2.24) is 5.32 Å². The highest BCUT2D eigenvalue weighted by molar-refractivity contribution is 5.82. The van der Waals surface area contributed by atoms with Crippen molar-refractivity contribution in [3.63, 3.8) is 0 Å². The smallest absolute Gasteiger partial charge is 0.333 e. The minimum atomic E-state index is -0.539. The first-order valence-electron chi connectivity index (χ1n) is 4.39. The van der Waals surface area contributed by atoms with Crippen molar-refractivity contribution in [1.29, 1.82) is 0 Å². The molecule has 0 aliphatic carbocycles. The Morgan fingerprint density at radius 1 is 1.50 bits per heavy atom. The number of hydrogen-bond acceptors (Lipinski definition) is 5. The zero-order chi connectivity index (χ0) is 10.4. The van der Waals surface area contributed by atoms with E-state index in [-0.39, 0.29) is 11.9 Å². The SMILES string of the molecule is COC(=O)/C=C/OC(=O)C1CCNC1. The molecule has 0 saturated carbocycles. The predicted octanol–water partition coefficient (Wildman–Crippen LogP) is -0.174. The second-order valence-electron chi connectivity index (χ2n) is 2.95. The molecule has 1 heterocycles. The van der Waals surface area contributed by atoms with Gasteiger partial charge in [0, 0.05) is 6.54 Å². The second-order valence-corrected chi connectivity index (χ2v) is 2.95. The van der Waals surface area contributed by atoms with Crippen molar-refractivity contribution in [2.75, 3.05) is 20.2 Å². The lowest BCUT2D eigenvalue weighted by Gasteiger charge is -2.03. The van der Waals surface area contributed by atoms with E-state index in [2.05, 4.69) is 10.1 Å². The molecule has 1 fully saturated rings. The molecule has 1 saturated heterocycles. The maximum Gasteiger partial charge on any atom is 0.333 e. The quantitative estimate of drug-likeness (QED) is 0.388. The van der Waals surface area contributed by atoms with Crippen LogP contribution in [0.3, 0.4) is 0 Å². The van der Waals surface area contributed by atoms with Crippen LogP contribution in [0.4, 0.5) is 0 Å². The Kier molecular flexibility index (Phi) is 4.12. The number of carbonyl (C=O) groups excluding carboxylic acids is 2. The van der Waals surface area contributed by atoms with E-state index in [1.807, 2.05) is 0 Å². The summed E-state index contributed by atoms with van der Waals surface area (Å²) in [5.74, 6) is -0.949. The molecular weight excluding hydrogens is 186 g/mol. The number of rotatable bonds is 3. The third-order valence-electron chi connectivity index (χ3n) is 1.98. The topological polar surface area (TPSA) is 64.6 Å². The summed E-state index contributed by atoms with van der Waals surface area (Å²) in [7, 11) is 1.26. The molecule has 1 atom stereocenters. The first kappa shape index (κ1) is 10.7. The fourth-order valence-corrected chi connectivity index (χ4v) is 1.18. The third-order valence-corrected chi connectivity index (χ3v) is 1.98. The largest absolute Gasteiger partial charge is 0.466 e. The number of methoxy groups -OCH3 is 1. The normalized spacial score (nSPS) is 21.1. The van der Waals surface area contributed by atoms with Crippen molar-refractivity contribution in [2.24, 2.45) is 5.92 Å². The number of carbonyl (C=O) groups is 2. The van der Waals surface area contributed by atoms with Crippen molar-refractivity contribution in [3.8, 4) is 0 Å². The molecule has 1 rings (SSSR count). The fourth-order valence-electron chi connectivity index (χ4n) is 1.18. The Morgan fingerprint density at radius 2 is 2.29 bits per heavy atom. The summed E-state index contributed by atoms with van der Waals surface area (Å²) in [5, 5.41) is 3.05. The number of hydrogen-bond donors (Lipinski definition) is 1. The third kappa shape index (κ3) is 3.18. The second kappa shape index (κ2) is 5.39. The monoisotopic (exact) mass is 199 g/mol. The molecule has 5 nitrogen and oxygen atoms in total. The van der Waals surface area contributed by atoms with E-state index >= 15 is 0 Å². The van der Waals surface area contributed by atoms with Crippen molar-refractivity contribution in [2.45, 2.75) is 6.42 Å². The average Bonchev–Trinajstić information content (AvgIpc) is 2.70. The van der Waals surface area contributed by atoms with E-state index in [1.165, 1.54) is 7.11 Å². The van der Waals surface area contributed by atoms with E-state index in [0.29, 0.717) is 6.54 Å². The van der Waals surface area contributed by atoms with Gasteiger partial charge in [0.25, 0.3) is 0 Å². The van der Waals surface area contributed by atoms with Crippen LogP contribution in [0.2, 0.25) is 0 Å². The first-order valence-corrected chi connectivity index (χ1v) is 4.39. The molecule has 1 unspecified atom stereocenters. The van der Waals surface area contributed by atoms with Crippen molar-refractivity contribution >= 4 is 11.9 Å². The summed E-state index contributed by atoms with van der Waals surface area (Å²) in [6.45, 7) is 1.48. The zero-order valence-electron chi connectivity index (χ0n) is 7.99. The van der Waals surface area contributed by atoms with E-state index in [9.17, 15) is 9.59 Å². The Bertz CT molecular complexity index is 243. The lowest BCUT2D eigenvalue weighted by atomic mass is 10.1. The van der Waals surface area contributed by atoms with Crippen LogP contribution < -0.4 is 5.32 Å². The number of ether oxygens (including phenoxy) is 2. The van der Waals surface area contributed by atoms with Crippen LogP contribution in [0.25, 0.3) is 0 Å². The zero-order valence-corrected chi connectivity index (χ0v) is 7.99. The van der Waals surface area contributed by atoms with Crippen molar-refractivity contribution in [3.05, 3.63) is 12.3 Å². The highest BCUT2D eigenvalue weighted by atomic mass is 16.5. The van der Waals surface area contributed by atoms with Crippen LogP contribution >= 0.6 is 0 Å². The summed E-state index contributed by atoms with van der Waals surface area (Å²) in [6.07, 6.45) is 2.91. The van der Waals surface area contributed by atoms with Gasteiger partial charge in [0.05, 0.1) is 19.1 Å². The minimum Gasteiger partial charge on any atom is -0.466 e. The highest BCUT2D eigenvalue weighted by Gasteiger charge is 2.23. The standard InChI is InChI=1S/C9H13NO4/c1-13-8(11)3-5-14-9(12)7-2-4-10-6-7/h3,5,7,10H,2,4,6H2,1H3/b5-3+. The van der Waals surface area contributed by atoms with Gasteiger partial charge < -0.3 is 14.8 Å². The maximum atomic E-state index is 11.2. The number of esters is 2. The van der Waals surface area contributed by atoms with E-state index in [0.717, 1.165) is 25.3 Å². The fraction of sp³-hybridized carbons (Fsp3) is 0.556. The van der Waals surface area contributed by atoms with Crippen LogP contribution in [0.1, 0.15) is 6.42 Å². The first-order chi connectivity index (χ1) is 6.74. The molecule has 0 amide bonds. The Hall–Kier alpha value is -1.36. The summed E-state index contributed by atoms with van der Waals surface area (Å²) in [6, 6.07) is 0. The molecular formula is C9H13NO4. The van der Waals surface area contributed by atoms with Crippen LogP contribution in [-0.2, 0) is 19.1 Å². The predicted molar refractivity (Wildman–Crippen MR) is 48.2 cm³/mol. The van der Waals surface area contributed by atoms with Gasteiger partial charge in [-0.15, -0.1) is 0 Å². The highest BCUT2D eigenvalue weighted by Crippen LogP contribution is 2.09. The molecule has 14 heavy (non-hydrogen) atoms. The lowest BCUT2D eigenvalue weighted by Crippen LogP contribution is -2.18. The van der Waals surface area contributed by atoms with E-state index < -0.39 is 5.97 Å². The van der Waals surface area contributed by atoms with Gasteiger partial charge in [0.1, 0.15) is 6.26 Å². The molecule has 1 aliphatic heterocycles. The number of nitrogens with one attached hydrogen (secondary N) is 1. The molecule has 0 aromatic heterocycles. The Labute approximate surface area is 82.1 Å². The lowest BCUT2D eigenvalue weighted by molar-refractivity contribution is -0.142. The van der Waals surface area contributed by atoms with Gasteiger partial charge in [-0.05, 0) is 13.0 Å². The minimum absolute atomic E-state index is 0.0997.